The van der Waals surface area contributed by atoms with Gasteiger partial charge >= 0.3 is 0 Å². The molecule has 0 radical (unpaired) electrons. The van der Waals surface area contributed by atoms with E-state index in [1.807, 2.05) is 19.1 Å². The van der Waals surface area contributed by atoms with Gasteiger partial charge in [0.15, 0.2) is 11.5 Å². The molecule has 0 aliphatic rings. The van der Waals surface area contributed by atoms with Gasteiger partial charge in [-0.1, -0.05) is 18.2 Å². The summed E-state index contributed by atoms with van der Waals surface area (Å²) in [6.07, 6.45) is 3.08. The highest BCUT2D eigenvalue weighted by Crippen LogP contribution is 2.28. The Morgan fingerprint density at radius 3 is 2.60 bits per heavy atom. The van der Waals surface area contributed by atoms with Gasteiger partial charge in [-0.3, -0.25) is 9.59 Å². The minimum atomic E-state index is -0.369. The van der Waals surface area contributed by atoms with Gasteiger partial charge in [-0.2, -0.15) is 0 Å². The third-order valence-electron chi connectivity index (χ3n) is 4.09. The molecule has 1 amide bonds. The second-order valence-corrected chi connectivity index (χ2v) is 7.19. The molecule has 8 heteroatoms. The monoisotopic (exact) mass is 426 g/mol. The first-order valence-corrected chi connectivity index (χ1v) is 10.0. The number of carbonyl (C=O) groups excluding carboxylic acids is 1. The van der Waals surface area contributed by atoms with E-state index in [0.29, 0.717) is 38.7 Å². The molecular formula is C22H22N2O5S. The summed E-state index contributed by atoms with van der Waals surface area (Å²) in [5, 5.41) is 2.75. The van der Waals surface area contributed by atoms with Gasteiger partial charge in [0.25, 0.3) is 11.5 Å². The van der Waals surface area contributed by atoms with Crippen LogP contribution in [0.15, 0.2) is 47.3 Å². The highest BCUT2D eigenvalue weighted by atomic mass is 32.1. The maximum atomic E-state index is 12.3. The third-order valence-corrected chi connectivity index (χ3v) is 5.06. The lowest BCUT2D eigenvalue weighted by Crippen LogP contribution is -2.20. The van der Waals surface area contributed by atoms with Crippen LogP contribution in [0.2, 0.25) is 0 Å². The first-order valence-electron chi connectivity index (χ1n) is 9.21. The van der Waals surface area contributed by atoms with E-state index in [9.17, 15) is 9.59 Å². The zero-order valence-corrected chi connectivity index (χ0v) is 17.7. The maximum Gasteiger partial charge on any atom is 0.266 e. The Bertz CT molecular complexity index is 1210. The number of thiazole rings is 1. The topological polar surface area (TPSA) is 89.7 Å². The van der Waals surface area contributed by atoms with Crippen LogP contribution in [0.1, 0.15) is 12.5 Å². The molecular weight excluding hydrogens is 404 g/mol. The van der Waals surface area contributed by atoms with E-state index in [2.05, 4.69) is 10.3 Å². The van der Waals surface area contributed by atoms with E-state index in [1.165, 1.54) is 24.5 Å². The van der Waals surface area contributed by atoms with Crippen LogP contribution in [0, 0.1) is 0 Å². The molecule has 0 aliphatic carbocycles. The summed E-state index contributed by atoms with van der Waals surface area (Å²) in [5.41, 5.74) is 1.07. The zero-order chi connectivity index (χ0) is 21.5. The molecule has 0 spiro atoms. The number of aromatic nitrogens is 1. The molecule has 1 aromatic heterocycles. The van der Waals surface area contributed by atoms with Gasteiger partial charge in [0, 0.05) is 6.08 Å². The molecule has 2 aromatic carbocycles. The fraction of sp³-hybridized carbons (Fsp3) is 0.182. The van der Waals surface area contributed by atoms with E-state index in [1.54, 1.807) is 43.5 Å². The van der Waals surface area contributed by atoms with Crippen molar-refractivity contribution in [3.05, 3.63) is 67.6 Å². The molecule has 0 fully saturated rings. The first kappa shape index (κ1) is 21.2. The lowest BCUT2D eigenvalue weighted by atomic mass is 10.2. The highest BCUT2D eigenvalue weighted by Gasteiger charge is 2.06. The minimum Gasteiger partial charge on any atom is -0.495 e. The smallest absolute Gasteiger partial charge is 0.266 e. The first-order chi connectivity index (χ1) is 14.5. The average Bonchev–Trinajstić information content (AvgIpc) is 3.07. The van der Waals surface area contributed by atoms with E-state index in [4.69, 9.17) is 14.2 Å². The lowest BCUT2D eigenvalue weighted by Gasteiger charge is -2.09. The minimum absolute atomic E-state index is 0.273. The summed E-state index contributed by atoms with van der Waals surface area (Å²) in [6, 6.07) is 12.5. The number of hydrogen-bond acceptors (Lipinski definition) is 6. The Morgan fingerprint density at radius 1 is 1.10 bits per heavy atom. The number of carbonyl (C=O) groups is 1. The molecule has 156 valence electrons. The fourth-order valence-electron chi connectivity index (χ4n) is 2.76. The number of benzene rings is 2. The van der Waals surface area contributed by atoms with E-state index in [0.717, 1.165) is 5.56 Å². The standard InChI is InChI=1S/C22H22N2O5S/c1-4-29-18-11-14(9-10-17(18)28-3)12-19-22(26)24-21(30-19)13-20(25)23-15-7-5-6-8-16(15)27-2/h5-13H,4H2,1-3H3,(H,23,25)(H,24,26)/b19-12+,21-13-. The second kappa shape index (κ2) is 9.80. The quantitative estimate of drug-likeness (QED) is 0.604. The van der Waals surface area contributed by atoms with Crippen molar-refractivity contribution in [3.63, 3.8) is 0 Å². The number of methoxy groups -OCH3 is 2. The number of ether oxygens (including phenoxy) is 3. The SMILES string of the molecule is CCOc1cc(/C=c2/s/c(=C\C(=O)Nc3ccccc3OC)[nH]c2=O)ccc1OC. The molecule has 7 nitrogen and oxygen atoms in total. The molecule has 0 bridgehead atoms. The van der Waals surface area contributed by atoms with Crippen molar-refractivity contribution in [2.24, 2.45) is 0 Å². The summed E-state index contributed by atoms with van der Waals surface area (Å²) in [5.74, 6) is 1.41. The van der Waals surface area contributed by atoms with Crippen molar-refractivity contribution in [1.29, 1.82) is 0 Å². The van der Waals surface area contributed by atoms with Crippen molar-refractivity contribution in [3.8, 4) is 17.2 Å². The second-order valence-electron chi connectivity index (χ2n) is 6.11. The van der Waals surface area contributed by atoms with Crippen LogP contribution in [0.25, 0.3) is 12.2 Å². The molecule has 0 aliphatic heterocycles. The van der Waals surface area contributed by atoms with Gasteiger partial charge in [-0.05, 0) is 42.8 Å². The van der Waals surface area contributed by atoms with Gasteiger partial charge in [0.1, 0.15) is 10.4 Å². The Morgan fingerprint density at radius 2 is 1.87 bits per heavy atom. The zero-order valence-electron chi connectivity index (χ0n) is 16.9. The molecule has 3 rings (SSSR count). The van der Waals surface area contributed by atoms with Gasteiger partial charge < -0.3 is 24.5 Å². The molecule has 30 heavy (non-hydrogen) atoms. The molecule has 1 heterocycles. The van der Waals surface area contributed by atoms with Crippen molar-refractivity contribution >= 4 is 35.1 Å². The summed E-state index contributed by atoms with van der Waals surface area (Å²) < 4.78 is 17.0. The molecule has 0 saturated heterocycles. The van der Waals surface area contributed by atoms with Crippen LogP contribution < -0.4 is 34.3 Å². The van der Waals surface area contributed by atoms with E-state index in [-0.39, 0.29) is 11.5 Å². The van der Waals surface area contributed by atoms with Crippen molar-refractivity contribution in [2.75, 3.05) is 26.1 Å². The van der Waals surface area contributed by atoms with Crippen LogP contribution >= 0.6 is 11.3 Å². The number of anilines is 1. The van der Waals surface area contributed by atoms with Crippen LogP contribution in [0.3, 0.4) is 0 Å². The Labute approximate surface area is 177 Å². The fourth-order valence-corrected chi connectivity index (χ4v) is 3.65. The van der Waals surface area contributed by atoms with Gasteiger partial charge in [-0.25, -0.2) is 0 Å². The third kappa shape index (κ3) is 5.09. The van der Waals surface area contributed by atoms with Crippen LogP contribution in [-0.4, -0.2) is 31.7 Å². The number of H-pyrrole nitrogens is 1. The Balaban J connectivity index is 1.88. The molecule has 2 N–H and O–H groups in total. The molecule has 0 atom stereocenters. The number of rotatable bonds is 7. The normalized spacial score (nSPS) is 12.0. The predicted octanol–water partition coefficient (Wildman–Crippen LogP) is 2.10. The molecule has 3 aromatic rings. The Hall–Kier alpha value is -3.52. The number of nitrogens with one attached hydrogen (secondary N) is 2. The van der Waals surface area contributed by atoms with Gasteiger partial charge in [0.2, 0.25) is 0 Å². The van der Waals surface area contributed by atoms with Crippen LogP contribution in [0.5, 0.6) is 17.2 Å². The summed E-state index contributed by atoms with van der Waals surface area (Å²) in [4.78, 5) is 27.4. The van der Waals surface area contributed by atoms with Gasteiger partial charge in [-0.15, -0.1) is 11.3 Å². The van der Waals surface area contributed by atoms with Crippen LogP contribution in [-0.2, 0) is 4.79 Å². The highest BCUT2D eigenvalue weighted by molar-refractivity contribution is 7.07. The lowest BCUT2D eigenvalue weighted by molar-refractivity contribution is -0.110. The average molecular weight is 426 g/mol. The largest absolute Gasteiger partial charge is 0.495 e. The van der Waals surface area contributed by atoms with Crippen molar-refractivity contribution < 1.29 is 19.0 Å². The molecule has 0 unspecified atom stereocenters. The van der Waals surface area contributed by atoms with Gasteiger partial charge in [0.05, 0.1) is 31.0 Å². The number of aromatic amines is 1. The number of hydrogen-bond donors (Lipinski definition) is 2. The maximum absolute atomic E-state index is 12.3. The van der Waals surface area contributed by atoms with Crippen LogP contribution in [0.4, 0.5) is 5.69 Å². The van der Waals surface area contributed by atoms with Crippen molar-refractivity contribution in [2.45, 2.75) is 6.92 Å². The van der Waals surface area contributed by atoms with E-state index >= 15 is 0 Å². The summed E-state index contributed by atoms with van der Waals surface area (Å²) in [7, 11) is 3.10. The summed E-state index contributed by atoms with van der Waals surface area (Å²) >= 11 is 1.19. The summed E-state index contributed by atoms with van der Waals surface area (Å²) in [6.45, 7) is 2.39. The predicted molar refractivity (Wildman–Crippen MR) is 118 cm³/mol. The van der Waals surface area contributed by atoms with Crippen molar-refractivity contribution in [1.82, 2.24) is 4.98 Å². The number of para-hydroxylation sites is 2. The van der Waals surface area contributed by atoms with E-state index < -0.39 is 0 Å². The molecule has 0 saturated carbocycles. The number of amides is 1. The Kier molecular flexibility index (Phi) is 6.92.